The molecule has 0 saturated heterocycles. The summed E-state index contributed by atoms with van der Waals surface area (Å²) in [7, 11) is 0. The summed E-state index contributed by atoms with van der Waals surface area (Å²) in [5, 5.41) is 3.94. The molecule has 3 nitrogen and oxygen atoms in total. The monoisotopic (exact) mass is 428 g/mol. The van der Waals surface area contributed by atoms with Gasteiger partial charge in [-0.15, -0.1) is 0 Å². The van der Waals surface area contributed by atoms with E-state index < -0.39 is 0 Å². The topological polar surface area (TPSA) is 41.5 Å². The summed E-state index contributed by atoms with van der Waals surface area (Å²) in [4.78, 5) is 11.8. The number of nitrogens with one attached hydrogen (secondary N) is 1. The molecule has 19 heavy (non-hydrogen) atoms. The molecular weight excluding hydrogens is 419 g/mol. The van der Waals surface area contributed by atoms with Gasteiger partial charge in [0.1, 0.15) is 0 Å². The van der Waals surface area contributed by atoms with Crippen molar-refractivity contribution in [2.24, 2.45) is 5.10 Å². The van der Waals surface area contributed by atoms with Crippen LogP contribution in [0.3, 0.4) is 0 Å². The third-order valence-electron chi connectivity index (χ3n) is 2.33. The highest BCUT2D eigenvalue weighted by atomic mass is 127. The Morgan fingerprint density at radius 1 is 1.21 bits per heavy atom. The Morgan fingerprint density at radius 3 is 2.63 bits per heavy atom. The van der Waals surface area contributed by atoms with E-state index in [-0.39, 0.29) is 5.91 Å². The van der Waals surface area contributed by atoms with Crippen molar-refractivity contribution >= 4 is 50.6 Å². The van der Waals surface area contributed by atoms with Crippen molar-refractivity contribution in [3.63, 3.8) is 0 Å². The third kappa shape index (κ3) is 4.43. The number of hydrogen-bond acceptors (Lipinski definition) is 2. The number of amides is 1. The molecule has 0 aliphatic heterocycles. The first-order chi connectivity index (χ1) is 9.15. The maximum atomic E-state index is 11.8. The zero-order valence-corrected chi connectivity index (χ0v) is 13.6. The fourth-order valence-corrected chi connectivity index (χ4v) is 2.25. The number of carbonyl (C=O) groups is 1. The maximum absolute atomic E-state index is 11.8. The van der Waals surface area contributed by atoms with Gasteiger partial charge in [-0.1, -0.05) is 28.1 Å². The van der Waals surface area contributed by atoms with Gasteiger partial charge in [-0.25, -0.2) is 5.43 Å². The molecule has 0 fully saturated rings. The number of nitrogens with zero attached hydrogens (tertiary/aromatic N) is 1. The minimum absolute atomic E-state index is 0.227. The minimum atomic E-state index is -0.227. The molecule has 0 unspecified atom stereocenters. The van der Waals surface area contributed by atoms with E-state index in [2.05, 4.69) is 49.0 Å². The van der Waals surface area contributed by atoms with Crippen molar-refractivity contribution < 1.29 is 4.79 Å². The summed E-state index contributed by atoms with van der Waals surface area (Å²) in [5.74, 6) is -0.227. The third-order valence-corrected chi connectivity index (χ3v) is 3.53. The fraction of sp³-hybridized carbons (Fsp3) is 0. The first kappa shape index (κ1) is 14.2. The zero-order chi connectivity index (χ0) is 13.7. The molecule has 96 valence electrons. The lowest BCUT2D eigenvalue weighted by molar-refractivity contribution is 0.0955. The highest BCUT2D eigenvalue weighted by Gasteiger charge is 2.02. The van der Waals surface area contributed by atoms with E-state index in [0.717, 1.165) is 13.6 Å². The van der Waals surface area contributed by atoms with Crippen LogP contribution >= 0.6 is 38.5 Å². The second-order valence-electron chi connectivity index (χ2n) is 3.76. The van der Waals surface area contributed by atoms with Crippen molar-refractivity contribution in [1.29, 1.82) is 0 Å². The fourth-order valence-electron chi connectivity index (χ4n) is 1.42. The summed E-state index contributed by atoms with van der Waals surface area (Å²) in [6, 6.07) is 15.0. The van der Waals surface area contributed by atoms with Gasteiger partial charge in [-0.05, 0) is 64.6 Å². The molecule has 0 aliphatic carbocycles. The quantitative estimate of drug-likeness (QED) is 0.450. The predicted octanol–water partition coefficient (Wildman–Crippen LogP) is 3.82. The second kappa shape index (κ2) is 6.81. The van der Waals surface area contributed by atoms with Crippen molar-refractivity contribution in [2.45, 2.75) is 0 Å². The smallest absolute Gasteiger partial charge is 0.267 e. The largest absolute Gasteiger partial charge is 0.271 e. The molecule has 0 spiro atoms. The average Bonchev–Trinajstić information content (AvgIpc) is 2.39. The number of hydrazone groups is 1. The molecule has 0 saturated carbocycles. The number of hydrogen-bond donors (Lipinski definition) is 1. The van der Waals surface area contributed by atoms with E-state index >= 15 is 0 Å². The minimum Gasteiger partial charge on any atom is -0.267 e. The Kier molecular flexibility index (Phi) is 5.09. The van der Waals surface area contributed by atoms with Crippen LogP contribution in [0, 0.1) is 3.57 Å². The van der Waals surface area contributed by atoms with Gasteiger partial charge >= 0.3 is 0 Å². The van der Waals surface area contributed by atoms with Crippen LogP contribution in [0.1, 0.15) is 15.9 Å². The number of halogens is 2. The van der Waals surface area contributed by atoms with Crippen LogP contribution in [0.25, 0.3) is 0 Å². The Bertz CT molecular complexity index is 611. The molecule has 0 aliphatic rings. The molecule has 0 radical (unpaired) electrons. The van der Waals surface area contributed by atoms with Crippen LogP contribution in [0.2, 0.25) is 0 Å². The molecule has 5 heteroatoms. The Balaban J connectivity index is 1.98. The molecule has 0 atom stereocenters. The van der Waals surface area contributed by atoms with Crippen molar-refractivity contribution in [3.05, 3.63) is 67.7 Å². The van der Waals surface area contributed by atoms with Crippen molar-refractivity contribution in [3.8, 4) is 0 Å². The van der Waals surface area contributed by atoms with Gasteiger partial charge in [0.05, 0.1) is 6.21 Å². The Morgan fingerprint density at radius 2 is 1.95 bits per heavy atom. The molecular formula is C14H10BrIN2O. The number of carbonyl (C=O) groups excluding carboxylic acids is 1. The average molecular weight is 429 g/mol. The Hall–Kier alpha value is -1.21. The SMILES string of the molecule is O=C(N/N=C\c1cccc(I)c1)c1ccc(Br)cc1. The number of rotatable bonds is 3. The summed E-state index contributed by atoms with van der Waals surface area (Å²) in [6.07, 6.45) is 1.62. The molecule has 1 amide bonds. The van der Waals surface area contributed by atoms with Crippen LogP contribution in [-0.4, -0.2) is 12.1 Å². The van der Waals surface area contributed by atoms with Crippen LogP contribution in [0.4, 0.5) is 0 Å². The van der Waals surface area contributed by atoms with E-state index in [4.69, 9.17) is 0 Å². The first-order valence-corrected chi connectivity index (χ1v) is 7.37. The van der Waals surface area contributed by atoms with E-state index in [1.165, 1.54) is 0 Å². The molecule has 2 aromatic carbocycles. The van der Waals surface area contributed by atoms with Crippen LogP contribution < -0.4 is 5.43 Å². The van der Waals surface area contributed by atoms with Gasteiger partial charge < -0.3 is 0 Å². The zero-order valence-electron chi connectivity index (χ0n) is 9.81. The van der Waals surface area contributed by atoms with Gasteiger partial charge in [0.25, 0.3) is 5.91 Å². The summed E-state index contributed by atoms with van der Waals surface area (Å²) < 4.78 is 2.06. The van der Waals surface area contributed by atoms with E-state index in [0.29, 0.717) is 5.56 Å². The summed E-state index contributed by atoms with van der Waals surface area (Å²) in [6.45, 7) is 0. The molecule has 2 rings (SSSR count). The molecule has 0 heterocycles. The highest BCUT2D eigenvalue weighted by molar-refractivity contribution is 14.1. The normalized spacial score (nSPS) is 10.6. The lowest BCUT2D eigenvalue weighted by Gasteiger charge is -2.00. The Labute approximate surface area is 133 Å². The predicted molar refractivity (Wildman–Crippen MR) is 88.4 cm³/mol. The summed E-state index contributed by atoms with van der Waals surface area (Å²) >= 11 is 5.55. The molecule has 0 aromatic heterocycles. The van der Waals surface area contributed by atoms with Gasteiger partial charge in [-0.2, -0.15) is 5.10 Å². The van der Waals surface area contributed by atoms with Crippen LogP contribution in [0.15, 0.2) is 58.1 Å². The van der Waals surface area contributed by atoms with E-state index in [1.54, 1.807) is 18.3 Å². The van der Waals surface area contributed by atoms with Crippen molar-refractivity contribution in [1.82, 2.24) is 5.43 Å². The van der Waals surface area contributed by atoms with Crippen LogP contribution in [0.5, 0.6) is 0 Å². The van der Waals surface area contributed by atoms with Crippen LogP contribution in [-0.2, 0) is 0 Å². The van der Waals surface area contributed by atoms with Gasteiger partial charge in [0.15, 0.2) is 0 Å². The molecule has 1 N–H and O–H groups in total. The highest BCUT2D eigenvalue weighted by Crippen LogP contribution is 2.10. The molecule has 2 aromatic rings. The standard InChI is InChI=1S/C14H10BrIN2O/c15-12-6-4-11(5-7-12)14(19)18-17-9-10-2-1-3-13(16)8-10/h1-9H,(H,18,19)/b17-9-. The van der Waals surface area contributed by atoms with Crippen molar-refractivity contribution in [2.75, 3.05) is 0 Å². The van der Waals surface area contributed by atoms with E-state index in [9.17, 15) is 4.79 Å². The lowest BCUT2D eigenvalue weighted by Crippen LogP contribution is -2.17. The van der Waals surface area contributed by atoms with Gasteiger partial charge in [0.2, 0.25) is 0 Å². The first-order valence-electron chi connectivity index (χ1n) is 5.50. The maximum Gasteiger partial charge on any atom is 0.271 e. The van der Waals surface area contributed by atoms with E-state index in [1.807, 2.05) is 36.4 Å². The summed E-state index contributed by atoms with van der Waals surface area (Å²) in [5.41, 5.74) is 4.02. The molecule has 0 bridgehead atoms. The number of benzene rings is 2. The second-order valence-corrected chi connectivity index (χ2v) is 5.92. The lowest BCUT2D eigenvalue weighted by atomic mass is 10.2. The van der Waals surface area contributed by atoms with Gasteiger partial charge in [-0.3, -0.25) is 4.79 Å². The van der Waals surface area contributed by atoms with Gasteiger partial charge in [0, 0.05) is 13.6 Å².